The molecule has 0 N–H and O–H groups in total. The highest BCUT2D eigenvalue weighted by Gasteiger charge is 2.25. The van der Waals surface area contributed by atoms with Gasteiger partial charge in [-0.15, -0.1) is 0 Å². The average molecular weight is 586 g/mol. The summed E-state index contributed by atoms with van der Waals surface area (Å²) in [5, 5.41) is 19.6. The molecule has 210 valence electrons. The van der Waals surface area contributed by atoms with Crippen LogP contribution in [0.5, 0.6) is 0 Å². The lowest BCUT2D eigenvalue weighted by Crippen LogP contribution is -2.04. The van der Waals surface area contributed by atoms with Crippen molar-refractivity contribution in [3.63, 3.8) is 0 Å². The average Bonchev–Trinajstić information content (AvgIpc) is 3.64. The normalized spacial score (nSPS) is 12.3. The minimum absolute atomic E-state index is 0.581. The Bertz CT molecular complexity index is 2730. The molecule has 11 rings (SSSR count). The fourth-order valence-electron chi connectivity index (χ4n) is 7.97. The Kier molecular flexibility index (Phi) is 4.28. The molecule has 0 bridgehead atoms. The Morgan fingerprint density at radius 2 is 0.848 bits per heavy atom. The molecule has 0 saturated heterocycles. The summed E-state index contributed by atoms with van der Waals surface area (Å²) < 4.78 is 4.44. The lowest BCUT2D eigenvalue weighted by molar-refractivity contribution is 1.12. The molecule has 0 atom stereocenters. The van der Waals surface area contributed by atoms with Crippen molar-refractivity contribution in [3.05, 3.63) is 121 Å². The lowest BCUT2D eigenvalue weighted by Gasteiger charge is -2.15. The van der Waals surface area contributed by atoms with Crippen molar-refractivity contribution >= 4 is 87.2 Å². The minimum atomic E-state index is 0.581. The van der Waals surface area contributed by atoms with Crippen molar-refractivity contribution < 1.29 is 0 Å². The summed E-state index contributed by atoms with van der Waals surface area (Å²) in [6.07, 6.45) is 7.23. The monoisotopic (exact) mass is 585 g/mol. The van der Waals surface area contributed by atoms with Crippen molar-refractivity contribution in [1.29, 1.82) is 5.26 Å². The number of nitrogens with zero attached hydrogens (tertiary/aromatic N) is 7. The van der Waals surface area contributed by atoms with E-state index in [2.05, 4.69) is 63.7 Å². The van der Waals surface area contributed by atoms with Crippen LogP contribution in [-0.4, -0.2) is 29.1 Å². The van der Waals surface area contributed by atoms with Crippen molar-refractivity contribution in [1.82, 2.24) is 29.1 Å². The Morgan fingerprint density at radius 3 is 1.35 bits per heavy atom. The molecule has 0 radical (unpaired) electrons. The molecule has 11 aromatic rings. The maximum Gasteiger partial charge on any atom is 0.104 e. The zero-order valence-corrected chi connectivity index (χ0v) is 24.1. The Hall–Kier alpha value is -6.65. The second-order valence-corrected chi connectivity index (χ2v) is 11.8. The summed E-state index contributed by atoms with van der Waals surface area (Å²) >= 11 is 0. The van der Waals surface area contributed by atoms with Crippen LogP contribution in [0.2, 0.25) is 0 Å². The summed E-state index contributed by atoms with van der Waals surface area (Å²) in [5.41, 5.74) is 9.89. The van der Waals surface area contributed by atoms with Gasteiger partial charge < -0.3 is 9.13 Å². The Labute approximate surface area is 259 Å². The van der Waals surface area contributed by atoms with E-state index in [1.807, 2.05) is 54.9 Å². The van der Waals surface area contributed by atoms with Gasteiger partial charge in [0.25, 0.3) is 0 Å². The van der Waals surface area contributed by atoms with Crippen LogP contribution in [0.15, 0.2) is 116 Å². The fourth-order valence-corrected chi connectivity index (χ4v) is 7.97. The SMILES string of the molecule is N#Cc1c(-n2c3cccc4c5nccnc5c5cccc2c5c43)cccc1-n1c2ccnc3c4ccccc4c4nccc1c4c32. The maximum absolute atomic E-state index is 11.0. The van der Waals surface area contributed by atoms with Gasteiger partial charge in [-0.3, -0.25) is 19.9 Å². The summed E-state index contributed by atoms with van der Waals surface area (Å²) in [6.45, 7) is 0. The van der Waals surface area contributed by atoms with Gasteiger partial charge in [0, 0.05) is 67.9 Å². The molecule has 0 aliphatic carbocycles. The van der Waals surface area contributed by atoms with Gasteiger partial charge in [-0.2, -0.15) is 5.26 Å². The van der Waals surface area contributed by atoms with Crippen LogP contribution in [-0.2, 0) is 0 Å². The number of hydrogen-bond donors (Lipinski definition) is 0. The number of hydrogen-bond acceptors (Lipinski definition) is 5. The third-order valence-corrected chi connectivity index (χ3v) is 9.67. The van der Waals surface area contributed by atoms with Crippen molar-refractivity contribution in [2.75, 3.05) is 0 Å². The fraction of sp³-hybridized carbons (Fsp3) is 0. The van der Waals surface area contributed by atoms with E-state index in [1.54, 1.807) is 12.4 Å². The minimum Gasteiger partial charge on any atom is -0.308 e. The maximum atomic E-state index is 11.0. The van der Waals surface area contributed by atoms with Gasteiger partial charge >= 0.3 is 0 Å². The molecule has 0 unspecified atom stereocenters. The molecule has 0 amide bonds. The molecule has 5 heterocycles. The number of fused-ring (bicyclic) bond motifs is 6. The van der Waals surface area contributed by atoms with E-state index >= 15 is 0 Å². The van der Waals surface area contributed by atoms with Gasteiger partial charge in [-0.25, -0.2) is 0 Å². The van der Waals surface area contributed by atoms with Gasteiger partial charge in [-0.05, 0) is 36.4 Å². The predicted octanol–water partition coefficient (Wildman–Crippen LogP) is 8.82. The Balaban J connectivity index is 1.30. The van der Waals surface area contributed by atoms with E-state index in [0.717, 1.165) is 98.6 Å². The standard InChI is InChI=1S/C39H19N7/c40-20-25-26(45-28-12-3-8-23-32(28)33-24(9-4-13-29(33)45)39-38(23)43-18-19-44-39)10-5-11-27(25)46-30-14-16-41-36-21-6-1-2-7-22(21)37-35(34(30)36)31(46)15-17-42-37/h1-19H. The molecule has 7 nitrogen and oxygen atoms in total. The second-order valence-electron chi connectivity index (χ2n) is 11.8. The van der Waals surface area contributed by atoms with Crippen LogP contribution in [0.1, 0.15) is 5.56 Å². The second kappa shape index (κ2) is 8.29. The van der Waals surface area contributed by atoms with E-state index in [9.17, 15) is 5.26 Å². The predicted molar refractivity (Wildman–Crippen MR) is 183 cm³/mol. The van der Waals surface area contributed by atoms with Gasteiger partial charge in [0.05, 0.1) is 55.5 Å². The number of benzene rings is 6. The van der Waals surface area contributed by atoms with Crippen molar-refractivity contribution in [3.8, 4) is 17.4 Å². The van der Waals surface area contributed by atoms with Crippen LogP contribution < -0.4 is 0 Å². The van der Waals surface area contributed by atoms with E-state index < -0.39 is 0 Å². The molecular formula is C39H19N7. The van der Waals surface area contributed by atoms with E-state index in [1.165, 1.54) is 0 Å². The largest absolute Gasteiger partial charge is 0.308 e. The smallest absolute Gasteiger partial charge is 0.104 e. The summed E-state index contributed by atoms with van der Waals surface area (Å²) in [4.78, 5) is 19.2. The number of pyridine rings is 2. The topological polar surface area (TPSA) is 85.2 Å². The molecule has 7 heteroatoms. The molecule has 0 saturated carbocycles. The summed E-state index contributed by atoms with van der Waals surface area (Å²) in [7, 11) is 0. The summed E-state index contributed by atoms with van der Waals surface area (Å²) in [5.74, 6) is 0. The molecule has 5 aromatic heterocycles. The van der Waals surface area contributed by atoms with Gasteiger partial charge in [-0.1, -0.05) is 54.6 Å². The van der Waals surface area contributed by atoms with Crippen molar-refractivity contribution in [2.45, 2.75) is 0 Å². The molecular weight excluding hydrogens is 566 g/mol. The third-order valence-electron chi connectivity index (χ3n) is 9.67. The van der Waals surface area contributed by atoms with Crippen LogP contribution in [0.4, 0.5) is 0 Å². The zero-order chi connectivity index (χ0) is 30.1. The number of rotatable bonds is 2. The van der Waals surface area contributed by atoms with Gasteiger partial charge in [0.2, 0.25) is 0 Å². The quantitative estimate of drug-likeness (QED) is 0.189. The first kappa shape index (κ1) is 23.8. The highest BCUT2D eigenvalue weighted by Crippen LogP contribution is 2.45. The van der Waals surface area contributed by atoms with Crippen molar-refractivity contribution in [2.24, 2.45) is 0 Å². The molecule has 0 aliphatic heterocycles. The third kappa shape index (κ3) is 2.69. The first-order valence-electron chi connectivity index (χ1n) is 15.1. The molecule has 0 aliphatic rings. The van der Waals surface area contributed by atoms with Crippen LogP contribution in [0, 0.1) is 11.3 Å². The van der Waals surface area contributed by atoms with Crippen LogP contribution in [0.25, 0.3) is 98.6 Å². The summed E-state index contributed by atoms with van der Waals surface area (Å²) in [6, 6.07) is 33.8. The van der Waals surface area contributed by atoms with Crippen LogP contribution >= 0.6 is 0 Å². The van der Waals surface area contributed by atoms with E-state index in [-0.39, 0.29) is 0 Å². The zero-order valence-electron chi connectivity index (χ0n) is 24.1. The lowest BCUT2D eigenvalue weighted by atomic mass is 10.00. The highest BCUT2D eigenvalue weighted by atomic mass is 15.0. The molecule has 0 fully saturated rings. The number of aromatic nitrogens is 6. The van der Waals surface area contributed by atoms with Gasteiger partial charge in [0.15, 0.2) is 0 Å². The number of nitriles is 1. The molecule has 0 spiro atoms. The molecule has 6 aromatic carbocycles. The van der Waals surface area contributed by atoms with E-state index in [0.29, 0.717) is 5.56 Å². The Morgan fingerprint density at radius 1 is 0.413 bits per heavy atom. The first-order chi connectivity index (χ1) is 22.8. The van der Waals surface area contributed by atoms with Gasteiger partial charge in [0.1, 0.15) is 11.6 Å². The molecule has 46 heavy (non-hydrogen) atoms. The highest BCUT2D eigenvalue weighted by molar-refractivity contribution is 6.34. The first-order valence-corrected chi connectivity index (χ1v) is 15.1. The van der Waals surface area contributed by atoms with Crippen LogP contribution in [0.3, 0.4) is 0 Å². The van der Waals surface area contributed by atoms with E-state index in [4.69, 9.17) is 19.9 Å².